The maximum Gasteiger partial charge on any atom is 0.494 e. The van der Waals surface area contributed by atoms with Gasteiger partial charge in [0.1, 0.15) is 24.7 Å². The van der Waals surface area contributed by atoms with Crippen molar-refractivity contribution in [1.82, 2.24) is 9.97 Å². The number of nitrogens with zero attached hydrogens (tertiary/aromatic N) is 2. The van der Waals surface area contributed by atoms with Crippen LogP contribution in [0.3, 0.4) is 0 Å². The summed E-state index contributed by atoms with van der Waals surface area (Å²) in [5.74, 6) is 1.41. The summed E-state index contributed by atoms with van der Waals surface area (Å²) < 4.78 is 36.9. The quantitative estimate of drug-likeness (QED) is 0.214. The molecule has 238 valence electrons. The van der Waals surface area contributed by atoms with E-state index in [2.05, 4.69) is 65.4 Å². The van der Waals surface area contributed by atoms with Crippen LogP contribution in [0.2, 0.25) is 0 Å². The first-order valence-electron chi connectivity index (χ1n) is 15.8. The number of hydrogen-bond donors (Lipinski definition) is 0. The Hall–Kier alpha value is -3.69. The largest absolute Gasteiger partial charge is 0.494 e. The average molecular weight is 620 g/mol. The van der Waals surface area contributed by atoms with E-state index in [0.717, 1.165) is 22.1 Å². The van der Waals surface area contributed by atoms with Crippen LogP contribution in [0.5, 0.6) is 11.5 Å². The molecule has 2 saturated heterocycles. The van der Waals surface area contributed by atoms with Crippen molar-refractivity contribution < 1.29 is 28.1 Å². The summed E-state index contributed by atoms with van der Waals surface area (Å²) >= 11 is 0. The number of benzene rings is 2. The Labute approximate surface area is 273 Å². The molecule has 0 N–H and O–H groups in total. The maximum absolute atomic E-state index is 6.17. The van der Waals surface area contributed by atoms with Crippen LogP contribution >= 0.6 is 0 Å². The van der Waals surface area contributed by atoms with Gasteiger partial charge in [-0.15, -0.1) is 0 Å². The minimum Gasteiger partial charge on any atom is -0.489 e. The Morgan fingerprint density at radius 1 is 0.500 bits per heavy atom. The van der Waals surface area contributed by atoms with Gasteiger partial charge in [0.15, 0.2) is 0 Å². The van der Waals surface area contributed by atoms with Gasteiger partial charge in [0.25, 0.3) is 0 Å². The van der Waals surface area contributed by atoms with Crippen LogP contribution in [0.15, 0.2) is 85.2 Å². The molecule has 0 amide bonds. The smallest absolute Gasteiger partial charge is 0.489 e. The highest BCUT2D eigenvalue weighted by molar-refractivity contribution is 6.62. The summed E-state index contributed by atoms with van der Waals surface area (Å²) in [5, 5.41) is 0. The molecule has 0 unspecified atom stereocenters. The molecule has 2 aromatic heterocycles. The Bertz CT molecular complexity index is 1520. The highest BCUT2D eigenvalue weighted by Gasteiger charge is 2.52. The van der Waals surface area contributed by atoms with Crippen molar-refractivity contribution >= 4 is 25.2 Å². The molecule has 0 saturated carbocycles. The van der Waals surface area contributed by atoms with E-state index < -0.39 is 0 Å². The second-order valence-electron chi connectivity index (χ2n) is 14.0. The third-order valence-corrected chi connectivity index (χ3v) is 9.55. The highest BCUT2D eigenvalue weighted by Crippen LogP contribution is 2.37. The average Bonchev–Trinajstić information content (AvgIpc) is 3.39. The van der Waals surface area contributed by atoms with Gasteiger partial charge in [0.05, 0.1) is 33.8 Å². The van der Waals surface area contributed by atoms with Crippen molar-refractivity contribution in [2.75, 3.05) is 0 Å². The molecule has 4 heterocycles. The molecule has 2 aliphatic rings. The van der Waals surface area contributed by atoms with Gasteiger partial charge in [-0.1, -0.05) is 48.5 Å². The van der Waals surface area contributed by atoms with Gasteiger partial charge in [0, 0.05) is 24.5 Å². The maximum atomic E-state index is 6.17. The Balaban J connectivity index is 1.04. The molecule has 0 aliphatic carbocycles. The molecule has 0 atom stereocenters. The lowest BCUT2D eigenvalue weighted by atomic mass is 9.79. The second-order valence-corrected chi connectivity index (χ2v) is 14.0. The van der Waals surface area contributed by atoms with E-state index in [1.165, 1.54) is 0 Å². The van der Waals surface area contributed by atoms with Crippen LogP contribution < -0.4 is 20.4 Å². The Morgan fingerprint density at radius 2 is 0.826 bits per heavy atom. The van der Waals surface area contributed by atoms with E-state index in [9.17, 15) is 0 Å². The summed E-state index contributed by atoms with van der Waals surface area (Å²) in [6, 6.07) is 23.7. The van der Waals surface area contributed by atoms with Gasteiger partial charge in [-0.05, 0) is 89.6 Å². The van der Waals surface area contributed by atoms with E-state index in [4.69, 9.17) is 28.1 Å². The van der Waals surface area contributed by atoms with Crippen LogP contribution in [0.4, 0.5) is 0 Å². The fourth-order valence-electron chi connectivity index (χ4n) is 5.12. The summed E-state index contributed by atoms with van der Waals surface area (Å²) in [5.41, 5.74) is 3.96. The lowest BCUT2D eigenvalue weighted by Gasteiger charge is -2.32. The standard InChI is InChI=1S/C36H42B2N2O6/c1-33(2)34(3,4)44-37(43-33)27-13-9-25(10-14-27)23-41-29-17-19-39-31(21-29)32-22-30(18-20-40-32)42-24-26-11-15-28(16-12-26)38-45-35(5,6)36(7,8)46-38/h9-22H,23-24H2,1-8H3. The predicted octanol–water partition coefficient (Wildman–Crippen LogP) is 5.90. The fourth-order valence-corrected chi connectivity index (χ4v) is 5.12. The minimum absolute atomic E-state index is 0.373. The van der Waals surface area contributed by atoms with E-state index in [1.54, 1.807) is 12.4 Å². The van der Waals surface area contributed by atoms with Gasteiger partial charge in [-0.25, -0.2) is 0 Å². The zero-order valence-electron chi connectivity index (χ0n) is 28.0. The molecule has 46 heavy (non-hydrogen) atoms. The van der Waals surface area contributed by atoms with Crippen molar-refractivity contribution in [3.8, 4) is 22.9 Å². The van der Waals surface area contributed by atoms with E-state index in [-0.39, 0.29) is 36.6 Å². The van der Waals surface area contributed by atoms with Crippen molar-refractivity contribution in [2.24, 2.45) is 0 Å². The van der Waals surface area contributed by atoms with Crippen LogP contribution in [-0.2, 0) is 31.8 Å². The van der Waals surface area contributed by atoms with Crippen molar-refractivity contribution in [1.29, 1.82) is 0 Å². The van der Waals surface area contributed by atoms with Crippen molar-refractivity contribution in [2.45, 2.75) is 91.0 Å². The third-order valence-electron chi connectivity index (χ3n) is 9.55. The monoisotopic (exact) mass is 620 g/mol. The first kappa shape index (κ1) is 32.3. The SMILES string of the molecule is CC1(C)OB(c2ccc(COc3ccnc(-c4cc(OCc5ccc(B6OC(C)(C)C(C)(C)O6)cc5)ccn4)c3)cc2)OC1(C)C. The lowest BCUT2D eigenvalue weighted by molar-refractivity contribution is 0.00578. The second kappa shape index (κ2) is 12.2. The van der Waals surface area contributed by atoms with Gasteiger partial charge in [-0.2, -0.15) is 0 Å². The highest BCUT2D eigenvalue weighted by atomic mass is 16.7. The normalized spacial score (nSPS) is 19.3. The van der Waals surface area contributed by atoms with Crippen LogP contribution in [0.25, 0.3) is 11.4 Å². The third kappa shape index (κ3) is 6.72. The van der Waals surface area contributed by atoms with E-state index >= 15 is 0 Å². The molecule has 2 aliphatic heterocycles. The summed E-state index contributed by atoms with van der Waals surface area (Å²) in [7, 11) is -0.772. The first-order valence-corrected chi connectivity index (χ1v) is 15.8. The van der Waals surface area contributed by atoms with Crippen molar-refractivity contribution in [3.63, 3.8) is 0 Å². The molecule has 0 radical (unpaired) electrons. The zero-order chi connectivity index (χ0) is 32.7. The van der Waals surface area contributed by atoms with E-state index in [0.29, 0.717) is 36.1 Å². The van der Waals surface area contributed by atoms with E-state index in [1.807, 2.05) is 72.8 Å². The van der Waals surface area contributed by atoms with Crippen molar-refractivity contribution in [3.05, 3.63) is 96.3 Å². The molecular formula is C36H42B2N2O6. The van der Waals surface area contributed by atoms with Gasteiger partial charge in [0.2, 0.25) is 0 Å². The number of aromatic nitrogens is 2. The molecule has 4 aromatic rings. The number of hydrogen-bond acceptors (Lipinski definition) is 8. The minimum atomic E-state index is -0.386. The van der Waals surface area contributed by atoms with Gasteiger partial charge in [-0.3, -0.25) is 9.97 Å². The Kier molecular flexibility index (Phi) is 8.52. The van der Waals surface area contributed by atoms with Crippen LogP contribution in [0.1, 0.15) is 66.5 Å². The number of pyridine rings is 2. The summed E-state index contributed by atoms with van der Waals surface area (Å²) in [6.45, 7) is 17.3. The lowest BCUT2D eigenvalue weighted by Crippen LogP contribution is -2.41. The molecule has 10 heteroatoms. The zero-order valence-corrected chi connectivity index (χ0v) is 28.0. The molecule has 0 spiro atoms. The summed E-state index contributed by atoms with van der Waals surface area (Å²) in [6.07, 6.45) is 3.45. The van der Waals surface area contributed by atoms with Crippen LogP contribution in [-0.4, -0.2) is 46.6 Å². The molecule has 0 bridgehead atoms. The number of ether oxygens (including phenoxy) is 2. The van der Waals surface area contributed by atoms with Crippen LogP contribution in [0, 0.1) is 0 Å². The fraction of sp³-hybridized carbons (Fsp3) is 0.389. The topological polar surface area (TPSA) is 81.2 Å². The molecular weight excluding hydrogens is 578 g/mol. The molecule has 2 fully saturated rings. The Morgan fingerprint density at radius 3 is 1.15 bits per heavy atom. The molecule has 6 rings (SSSR count). The van der Waals surface area contributed by atoms with Gasteiger partial charge >= 0.3 is 14.2 Å². The predicted molar refractivity (Wildman–Crippen MR) is 180 cm³/mol. The first-order chi connectivity index (χ1) is 21.7. The molecule has 2 aromatic carbocycles. The van der Waals surface area contributed by atoms with Gasteiger partial charge < -0.3 is 28.1 Å². The molecule has 8 nitrogen and oxygen atoms in total. The number of rotatable bonds is 9. The summed E-state index contributed by atoms with van der Waals surface area (Å²) in [4.78, 5) is 9.04.